The molecule has 26 heavy (non-hydrogen) atoms. The van der Waals surface area contributed by atoms with Gasteiger partial charge in [0.1, 0.15) is 6.04 Å². The average molecular weight is 357 g/mol. The number of esters is 1. The molecule has 2 atom stereocenters. The number of carbonyl (C=O) groups is 3. The summed E-state index contributed by atoms with van der Waals surface area (Å²) in [5.74, 6) is -0.731. The molecule has 3 aliphatic rings. The number of hydrogen-bond donors (Lipinski definition) is 1. The lowest BCUT2D eigenvalue weighted by Crippen LogP contribution is -2.44. The second-order valence-electron chi connectivity index (χ2n) is 7.15. The third kappa shape index (κ3) is 2.91. The van der Waals surface area contributed by atoms with Crippen molar-refractivity contribution >= 4 is 29.2 Å². The molecule has 0 aromatic heterocycles. The fourth-order valence-corrected chi connectivity index (χ4v) is 4.03. The van der Waals surface area contributed by atoms with Crippen molar-refractivity contribution in [3.63, 3.8) is 0 Å². The van der Waals surface area contributed by atoms with Gasteiger partial charge in [-0.05, 0) is 50.8 Å². The Kier molecular flexibility index (Phi) is 4.30. The van der Waals surface area contributed by atoms with Crippen molar-refractivity contribution in [2.24, 2.45) is 0 Å². The molecule has 7 nitrogen and oxygen atoms in total. The summed E-state index contributed by atoms with van der Waals surface area (Å²) >= 11 is 0. The molecule has 0 spiro atoms. The van der Waals surface area contributed by atoms with E-state index in [9.17, 15) is 14.4 Å². The molecule has 4 rings (SSSR count). The predicted molar refractivity (Wildman–Crippen MR) is 96.1 cm³/mol. The van der Waals surface area contributed by atoms with Gasteiger partial charge < -0.3 is 19.9 Å². The molecule has 2 amide bonds. The van der Waals surface area contributed by atoms with Gasteiger partial charge >= 0.3 is 5.97 Å². The van der Waals surface area contributed by atoms with Crippen LogP contribution in [0.4, 0.5) is 11.4 Å². The van der Waals surface area contributed by atoms with Crippen molar-refractivity contribution < 1.29 is 19.1 Å². The molecule has 3 heterocycles. The van der Waals surface area contributed by atoms with Crippen LogP contribution in [0.2, 0.25) is 0 Å². The summed E-state index contributed by atoms with van der Waals surface area (Å²) in [6.07, 6.45) is 3.01. The van der Waals surface area contributed by atoms with E-state index in [1.807, 2.05) is 6.07 Å². The number of carbonyl (C=O) groups excluding carboxylic acids is 3. The highest BCUT2D eigenvalue weighted by molar-refractivity contribution is 6.05. The quantitative estimate of drug-likeness (QED) is 0.834. The Labute approximate surface area is 152 Å². The Hall–Kier alpha value is -2.57. The summed E-state index contributed by atoms with van der Waals surface area (Å²) in [6.45, 7) is 3.90. The van der Waals surface area contributed by atoms with Gasteiger partial charge in [0.2, 0.25) is 5.91 Å². The highest BCUT2D eigenvalue weighted by atomic mass is 16.5. The van der Waals surface area contributed by atoms with Crippen LogP contribution >= 0.6 is 0 Å². The zero-order valence-corrected chi connectivity index (χ0v) is 14.9. The van der Waals surface area contributed by atoms with E-state index >= 15 is 0 Å². The molecular weight excluding hydrogens is 334 g/mol. The molecule has 1 aromatic carbocycles. The number of fused-ring (bicyclic) bond motifs is 3. The Bertz CT molecular complexity index is 757. The van der Waals surface area contributed by atoms with E-state index in [1.165, 1.54) is 0 Å². The van der Waals surface area contributed by atoms with E-state index in [4.69, 9.17) is 4.74 Å². The highest BCUT2D eigenvalue weighted by Crippen LogP contribution is 2.37. The molecule has 0 bridgehead atoms. The first-order valence-electron chi connectivity index (χ1n) is 9.26. The maximum Gasteiger partial charge on any atom is 0.338 e. The van der Waals surface area contributed by atoms with Crippen LogP contribution in [-0.2, 0) is 14.3 Å². The van der Waals surface area contributed by atoms with Gasteiger partial charge in [-0.1, -0.05) is 0 Å². The van der Waals surface area contributed by atoms with Crippen LogP contribution in [0.25, 0.3) is 0 Å². The second-order valence-corrected chi connectivity index (χ2v) is 7.15. The molecule has 3 aliphatic heterocycles. The van der Waals surface area contributed by atoms with E-state index < -0.39 is 12.1 Å². The van der Waals surface area contributed by atoms with Gasteiger partial charge in [-0.25, -0.2) is 4.79 Å². The fourth-order valence-electron chi connectivity index (χ4n) is 4.03. The predicted octanol–water partition coefficient (Wildman–Crippen LogP) is 1.78. The van der Waals surface area contributed by atoms with Crippen LogP contribution in [0, 0.1) is 0 Å². The number of anilines is 2. The van der Waals surface area contributed by atoms with Crippen LogP contribution in [0.3, 0.4) is 0 Å². The van der Waals surface area contributed by atoms with Gasteiger partial charge in [0.05, 0.1) is 16.9 Å². The molecule has 2 fully saturated rings. The largest absolute Gasteiger partial charge is 0.449 e. The lowest BCUT2D eigenvalue weighted by molar-refractivity contribution is -0.138. The zero-order valence-electron chi connectivity index (χ0n) is 14.9. The van der Waals surface area contributed by atoms with Gasteiger partial charge in [-0.2, -0.15) is 0 Å². The van der Waals surface area contributed by atoms with E-state index in [-0.39, 0.29) is 17.9 Å². The van der Waals surface area contributed by atoms with E-state index in [1.54, 1.807) is 24.0 Å². The summed E-state index contributed by atoms with van der Waals surface area (Å²) < 4.78 is 5.36. The fraction of sp³-hybridized carbons (Fsp3) is 0.526. The minimum atomic E-state index is -0.811. The van der Waals surface area contributed by atoms with Gasteiger partial charge in [-0.15, -0.1) is 0 Å². The molecule has 0 radical (unpaired) electrons. The number of benzene rings is 1. The number of likely N-dealkylation sites (tertiary alicyclic amines) is 1. The molecular formula is C19H23N3O4. The van der Waals surface area contributed by atoms with Crippen LogP contribution in [0.15, 0.2) is 18.2 Å². The van der Waals surface area contributed by atoms with Crippen LogP contribution in [-0.4, -0.2) is 54.5 Å². The van der Waals surface area contributed by atoms with Crippen molar-refractivity contribution in [3.05, 3.63) is 23.8 Å². The maximum absolute atomic E-state index is 12.5. The minimum Gasteiger partial charge on any atom is -0.449 e. The lowest BCUT2D eigenvalue weighted by atomic mass is 10.1. The molecule has 0 aliphatic carbocycles. The average Bonchev–Trinajstić information content (AvgIpc) is 3.32. The second kappa shape index (κ2) is 6.63. The van der Waals surface area contributed by atoms with Crippen molar-refractivity contribution in [1.82, 2.24) is 4.90 Å². The normalized spacial score (nSPS) is 22.5. The summed E-state index contributed by atoms with van der Waals surface area (Å²) in [4.78, 5) is 40.8. The third-order valence-corrected chi connectivity index (χ3v) is 5.40. The number of amides is 2. The van der Waals surface area contributed by atoms with Crippen LogP contribution < -0.4 is 10.2 Å². The van der Waals surface area contributed by atoms with Crippen molar-refractivity contribution in [2.75, 3.05) is 29.9 Å². The maximum atomic E-state index is 12.5. The summed E-state index contributed by atoms with van der Waals surface area (Å²) in [5, 5.41) is 2.88. The van der Waals surface area contributed by atoms with Crippen LogP contribution in [0.1, 0.15) is 43.0 Å². The molecule has 7 heteroatoms. The Morgan fingerprint density at radius 2 is 1.96 bits per heavy atom. The minimum absolute atomic E-state index is 0.0295. The molecule has 138 valence electrons. The van der Waals surface area contributed by atoms with Gasteiger partial charge in [0, 0.05) is 19.6 Å². The lowest BCUT2D eigenvalue weighted by Gasteiger charge is -2.33. The smallest absolute Gasteiger partial charge is 0.338 e. The molecule has 0 saturated carbocycles. The van der Waals surface area contributed by atoms with Gasteiger partial charge in [0.25, 0.3) is 5.91 Å². The third-order valence-electron chi connectivity index (χ3n) is 5.40. The first-order valence-corrected chi connectivity index (χ1v) is 9.26. The molecule has 0 unspecified atom stereocenters. The topological polar surface area (TPSA) is 79.0 Å². The summed E-state index contributed by atoms with van der Waals surface area (Å²) in [7, 11) is 0. The molecule has 1 aromatic rings. The van der Waals surface area contributed by atoms with Crippen molar-refractivity contribution in [1.29, 1.82) is 0 Å². The standard InChI is InChI=1S/C19H23N3O4/c1-12(18(24)21-8-2-3-9-21)26-19(25)13-6-7-15-14(11-13)20-17(23)16-5-4-10-22(15)16/h6-7,11-12,16H,2-5,8-10H2,1H3,(H,20,23)/t12-,16-/m1/s1. The summed E-state index contributed by atoms with van der Waals surface area (Å²) in [5.41, 5.74) is 1.90. The van der Waals surface area contributed by atoms with Crippen molar-refractivity contribution in [2.45, 2.75) is 44.8 Å². The first-order chi connectivity index (χ1) is 12.5. The first kappa shape index (κ1) is 16.9. The molecule has 1 N–H and O–H groups in total. The number of ether oxygens (including phenoxy) is 1. The Morgan fingerprint density at radius 1 is 1.19 bits per heavy atom. The van der Waals surface area contributed by atoms with E-state index in [0.717, 1.165) is 51.0 Å². The number of hydrogen-bond acceptors (Lipinski definition) is 5. The SMILES string of the molecule is C[C@@H](OC(=O)c1ccc2c(c1)NC(=O)[C@H]1CCCN21)C(=O)N1CCCC1. The summed E-state index contributed by atoms with van der Waals surface area (Å²) in [6, 6.07) is 5.06. The number of nitrogens with one attached hydrogen (secondary N) is 1. The Morgan fingerprint density at radius 3 is 2.73 bits per heavy atom. The van der Waals surface area contributed by atoms with Crippen molar-refractivity contribution in [3.8, 4) is 0 Å². The number of rotatable bonds is 3. The van der Waals surface area contributed by atoms with Gasteiger partial charge in [0.15, 0.2) is 6.10 Å². The van der Waals surface area contributed by atoms with E-state index in [0.29, 0.717) is 11.3 Å². The number of nitrogens with zero attached hydrogens (tertiary/aromatic N) is 2. The molecule has 2 saturated heterocycles. The monoisotopic (exact) mass is 357 g/mol. The Balaban J connectivity index is 1.48. The zero-order chi connectivity index (χ0) is 18.3. The highest BCUT2D eigenvalue weighted by Gasteiger charge is 2.36. The van der Waals surface area contributed by atoms with Crippen LogP contribution in [0.5, 0.6) is 0 Å². The van der Waals surface area contributed by atoms with Gasteiger partial charge in [-0.3, -0.25) is 9.59 Å². The van der Waals surface area contributed by atoms with E-state index in [2.05, 4.69) is 10.2 Å².